The molecular formula is C21H15F2N3O2. The van der Waals surface area contributed by atoms with Crippen LogP contribution in [0.25, 0.3) is 0 Å². The highest BCUT2D eigenvalue weighted by Crippen LogP contribution is 2.16. The number of cyclic esters (lactones) is 1. The molecule has 3 heterocycles. The minimum absolute atomic E-state index is 0.0715. The van der Waals surface area contributed by atoms with E-state index in [2.05, 4.69) is 27.1 Å². The van der Waals surface area contributed by atoms with Gasteiger partial charge in [0.05, 0.1) is 5.69 Å². The second kappa shape index (κ2) is 9.24. The number of nitrogens with one attached hydrogen (secondary N) is 1. The van der Waals surface area contributed by atoms with E-state index >= 15 is 0 Å². The minimum atomic E-state index is -0.474. The van der Waals surface area contributed by atoms with Gasteiger partial charge in [0.2, 0.25) is 0 Å². The topological polar surface area (TPSA) is 64.1 Å². The summed E-state index contributed by atoms with van der Waals surface area (Å²) in [6.07, 6.45) is 1.01. The number of amides is 1. The highest BCUT2D eigenvalue weighted by atomic mass is 19.1. The van der Waals surface area contributed by atoms with E-state index in [0.29, 0.717) is 11.4 Å². The van der Waals surface area contributed by atoms with Crippen molar-refractivity contribution < 1.29 is 18.3 Å². The molecule has 28 heavy (non-hydrogen) atoms. The Labute approximate surface area is 160 Å². The van der Waals surface area contributed by atoms with Gasteiger partial charge in [0.1, 0.15) is 29.9 Å². The Bertz CT molecular complexity index is 1020. The van der Waals surface area contributed by atoms with Crippen molar-refractivity contribution in [1.29, 1.82) is 0 Å². The van der Waals surface area contributed by atoms with Crippen LogP contribution in [0.5, 0.6) is 0 Å². The molecule has 0 radical (unpaired) electrons. The number of ether oxygens (including phenoxy) is 1. The molecule has 1 amide bonds. The summed E-state index contributed by atoms with van der Waals surface area (Å²) in [4.78, 5) is 19.2. The summed E-state index contributed by atoms with van der Waals surface area (Å²) in [6.45, 7) is 0.234. The Balaban J connectivity index is 0.000000271. The molecule has 7 heteroatoms. The zero-order chi connectivity index (χ0) is 19.8. The van der Waals surface area contributed by atoms with Crippen molar-refractivity contribution in [2.24, 2.45) is 0 Å². The van der Waals surface area contributed by atoms with Crippen LogP contribution in [0.2, 0.25) is 0 Å². The van der Waals surface area contributed by atoms with Gasteiger partial charge in [-0.25, -0.2) is 23.5 Å². The van der Waals surface area contributed by atoms with E-state index in [1.807, 2.05) is 0 Å². The molecule has 2 aromatic heterocycles. The van der Waals surface area contributed by atoms with Crippen molar-refractivity contribution in [2.45, 2.75) is 6.04 Å². The third-order valence-electron chi connectivity index (χ3n) is 3.60. The number of pyridine rings is 2. The van der Waals surface area contributed by atoms with Gasteiger partial charge in [-0.05, 0) is 48.2 Å². The minimum Gasteiger partial charge on any atom is -0.447 e. The molecule has 1 N–H and O–H groups in total. The summed E-state index contributed by atoms with van der Waals surface area (Å²) >= 11 is 0. The van der Waals surface area contributed by atoms with Crippen molar-refractivity contribution in [1.82, 2.24) is 15.3 Å². The first-order valence-electron chi connectivity index (χ1n) is 8.35. The third kappa shape index (κ3) is 5.35. The van der Waals surface area contributed by atoms with E-state index in [9.17, 15) is 13.6 Å². The lowest BCUT2D eigenvalue weighted by Gasteiger charge is -2.06. The first kappa shape index (κ1) is 19.0. The van der Waals surface area contributed by atoms with Crippen LogP contribution in [0.3, 0.4) is 0 Å². The number of aromatic nitrogens is 2. The average molecular weight is 379 g/mol. The van der Waals surface area contributed by atoms with Crippen LogP contribution in [0, 0.1) is 23.5 Å². The number of benzene rings is 1. The number of halogens is 2. The number of carbonyl (C=O) groups is 1. The fourth-order valence-corrected chi connectivity index (χ4v) is 2.27. The lowest BCUT2D eigenvalue weighted by Crippen LogP contribution is -2.19. The molecule has 0 bridgehead atoms. The largest absolute Gasteiger partial charge is 0.447 e. The van der Waals surface area contributed by atoms with Crippen LogP contribution in [-0.2, 0) is 4.74 Å². The normalized spacial score (nSPS) is 14.6. The number of rotatable bonds is 1. The molecule has 0 spiro atoms. The molecule has 140 valence electrons. The predicted octanol–water partition coefficient (Wildman–Crippen LogP) is 3.62. The van der Waals surface area contributed by atoms with Gasteiger partial charge in [0, 0.05) is 6.20 Å². The van der Waals surface area contributed by atoms with Crippen LogP contribution < -0.4 is 5.32 Å². The van der Waals surface area contributed by atoms with Crippen LogP contribution >= 0.6 is 0 Å². The SMILES string of the molecule is Fc1ccccc1.O=C1N[C@H](c2cccc(C#Cc3ncccc3F)n2)CO1. The molecule has 1 saturated heterocycles. The number of nitrogens with zero attached hydrogens (tertiary/aromatic N) is 2. The Morgan fingerprint density at radius 3 is 2.46 bits per heavy atom. The van der Waals surface area contributed by atoms with Gasteiger partial charge >= 0.3 is 6.09 Å². The summed E-state index contributed by atoms with van der Waals surface area (Å²) in [5.41, 5.74) is 1.19. The van der Waals surface area contributed by atoms with Crippen molar-refractivity contribution in [2.75, 3.05) is 6.61 Å². The molecule has 1 aliphatic heterocycles. The van der Waals surface area contributed by atoms with Crippen LogP contribution in [0.1, 0.15) is 23.1 Å². The second-order valence-corrected chi connectivity index (χ2v) is 5.62. The van der Waals surface area contributed by atoms with Gasteiger partial charge in [-0.2, -0.15) is 0 Å². The van der Waals surface area contributed by atoms with E-state index in [1.165, 1.54) is 30.5 Å². The van der Waals surface area contributed by atoms with E-state index < -0.39 is 11.9 Å². The quantitative estimate of drug-likeness (QED) is 0.656. The van der Waals surface area contributed by atoms with E-state index in [-0.39, 0.29) is 24.2 Å². The smallest absolute Gasteiger partial charge is 0.407 e. The molecule has 5 nitrogen and oxygen atoms in total. The van der Waals surface area contributed by atoms with Gasteiger partial charge < -0.3 is 10.1 Å². The maximum absolute atomic E-state index is 13.4. The molecule has 1 fully saturated rings. The van der Waals surface area contributed by atoms with E-state index in [4.69, 9.17) is 4.74 Å². The fourth-order valence-electron chi connectivity index (χ4n) is 2.27. The lowest BCUT2D eigenvalue weighted by atomic mass is 10.2. The Kier molecular flexibility index (Phi) is 6.26. The molecule has 1 atom stereocenters. The molecular weight excluding hydrogens is 364 g/mol. The maximum Gasteiger partial charge on any atom is 0.407 e. The zero-order valence-corrected chi connectivity index (χ0v) is 14.6. The van der Waals surface area contributed by atoms with E-state index in [1.54, 1.807) is 36.4 Å². The summed E-state index contributed by atoms with van der Waals surface area (Å²) < 4.78 is 30.1. The Morgan fingerprint density at radius 1 is 1.00 bits per heavy atom. The standard InChI is InChI=1S/C15H10FN3O2.C6H5F/c16-11-4-2-8-17-12(11)7-6-10-3-1-5-13(18-10)14-9-21-15(20)19-14;7-6-4-2-1-3-5-6/h1-5,8,14H,9H2,(H,19,20);1-5H/t14-;/m0./s1. The summed E-state index contributed by atoms with van der Waals surface area (Å²) in [5.74, 6) is 4.75. The molecule has 0 unspecified atom stereocenters. The highest BCUT2D eigenvalue weighted by Gasteiger charge is 2.24. The van der Waals surface area contributed by atoms with Crippen molar-refractivity contribution >= 4 is 6.09 Å². The molecule has 0 aliphatic carbocycles. The average Bonchev–Trinajstić information content (AvgIpc) is 3.15. The van der Waals surface area contributed by atoms with Crippen LogP contribution in [0.4, 0.5) is 13.6 Å². The Hall–Kier alpha value is -3.79. The van der Waals surface area contributed by atoms with Gasteiger partial charge in [-0.15, -0.1) is 0 Å². The zero-order valence-electron chi connectivity index (χ0n) is 14.6. The van der Waals surface area contributed by atoms with Crippen molar-refractivity contribution in [3.8, 4) is 11.8 Å². The number of alkyl carbamates (subject to hydrolysis) is 1. The molecule has 0 saturated carbocycles. The van der Waals surface area contributed by atoms with Crippen molar-refractivity contribution in [3.05, 3.63) is 95.6 Å². The second-order valence-electron chi connectivity index (χ2n) is 5.62. The summed E-state index contributed by atoms with van der Waals surface area (Å²) in [5, 5.41) is 2.64. The van der Waals surface area contributed by atoms with Crippen molar-refractivity contribution in [3.63, 3.8) is 0 Å². The molecule has 3 aromatic rings. The first-order chi connectivity index (χ1) is 13.6. The molecule has 4 rings (SSSR count). The van der Waals surface area contributed by atoms with Gasteiger partial charge in [0.25, 0.3) is 0 Å². The number of carbonyl (C=O) groups excluding carboxylic acids is 1. The summed E-state index contributed by atoms with van der Waals surface area (Å²) in [6, 6.07) is 15.7. The highest BCUT2D eigenvalue weighted by molar-refractivity contribution is 5.69. The third-order valence-corrected chi connectivity index (χ3v) is 3.60. The lowest BCUT2D eigenvalue weighted by molar-refractivity contribution is 0.177. The molecule has 1 aromatic carbocycles. The molecule has 1 aliphatic rings. The fraction of sp³-hybridized carbons (Fsp3) is 0.0952. The van der Waals surface area contributed by atoms with Gasteiger partial charge in [0.15, 0.2) is 5.82 Å². The predicted molar refractivity (Wildman–Crippen MR) is 98.0 cm³/mol. The van der Waals surface area contributed by atoms with Crippen LogP contribution in [0.15, 0.2) is 66.9 Å². The monoisotopic (exact) mass is 379 g/mol. The van der Waals surface area contributed by atoms with Crippen LogP contribution in [-0.4, -0.2) is 22.7 Å². The van der Waals surface area contributed by atoms with Gasteiger partial charge in [-0.1, -0.05) is 24.3 Å². The van der Waals surface area contributed by atoms with Gasteiger partial charge in [-0.3, -0.25) is 0 Å². The Morgan fingerprint density at radius 2 is 1.82 bits per heavy atom. The number of hydrogen-bond donors (Lipinski definition) is 1. The van der Waals surface area contributed by atoms with E-state index in [0.717, 1.165) is 0 Å². The maximum atomic E-state index is 13.4. The first-order valence-corrected chi connectivity index (χ1v) is 8.35. The number of hydrogen-bond acceptors (Lipinski definition) is 4. The summed E-state index contributed by atoms with van der Waals surface area (Å²) in [7, 11) is 0.